The number of nitrogens with two attached hydrogens (primary N) is 1. The lowest BCUT2D eigenvalue weighted by atomic mass is 10.0. The van der Waals surface area contributed by atoms with Crippen molar-refractivity contribution >= 4 is 55.0 Å². The Morgan fingerprint density at radius 2 is 1.86 bits per heavy atom. The Morgan fingerprint density at radius 3 is 2.39 bits per heavy atom. The van der Waals surface area contributed by atoms with Gasteiger partial charge in [0.25, 0.3) is 18.8 Å². The maximum atomic E-state index is 13.6. The normalized spacial score (nSPS) is 11.7. The number of nitrogens with zero attached hydrogens (tertiary/aromatic N) is 5. The maximum absolute atomic E-state index is 13.6. The van der Waals surface area contributed by atoms with Crippen LogP contribution in [0.5, 0.6) is 0 Å². The molecule has 0 aliphatic carbocycles. The SMILES string of the molecule is Cc1c(-c2cc(C(F)F)nc3sc(C(N)=O)c(NC(=O)Cn4nc(C(F)F)c(Br)c4C)c23)cnn1C. The number of rotatable bonds is 7. The van der Waals surface area contributed by atoms with Crippen LogP contribution in [0.1, 0.15) is 45.3 Å². The molecule has 4 rings (SSSR count). The minimum Gasteiger partial charge on any atom is -0.365 e. The van der Waals surface area contributed by atoms with Crippen molar-refractivity contribution in [3.8, 4) is 11.1 Å². The van der Waals surface area contributed by atoms with Crippen molar-refractivity contribution in [3.05, 3.63) is 44.4 Å². The standard InChI is InChI=1S/C21H18BrF4N7O2S/c1-7-10(5-28-32(7)3)9-4-11(18(23)24)29-21-13(9)15(17(36-21)20(27)35)30-12(34)6-33-8(2)14(22)16(31-33)19(25)26/h4-5,18-19H,6H2,1-3H3,(H2,27,35)(H,30,34). The Bertz CT molecular complexity index is 1510. The van der Waals surface area contributed by atoms with E-state index < -0.39 is 42.6 Å². The minimum absolute atomic E-state index is 0.0166. The lowest BCUT2D eigenvalue weighted by Gasteiger charge is -2.11. The second kappa shape index (κ2) is 9.61. The average Bonchev–Trinajstić information content (AvgIpc) is 3.43. The molecule has 15 heteroatoms. The van der Waals surface area contributed by atoms with E-state index in [2.05, 4.69) is 36.4 Å². The molecular weight excluding hydrogens is 570 g/mol. The topological polar surface area (TPSA) is 121 Å². The van der Waals surface area contributed by atoms with Crippen molar-refractivity contribution in [2.24, 2.45) is 12.8 Å². The molecule has 0 saturated carbocycles. The van der Waals surface area contributed by atoms with Crippen molar-refractivity contribution < 1.29 is 27.2 Å². The molecule has 4 aromatic rings. The number of aryl methyl sites for hydroxylation is 1. The first-order valence-corrected chi connectivity index (χ1v) is 11.9. The number of aromatic nitrogens is 5. The molecule has 4 aromatic heterocycles. The van der Waals surface area contributed by atoms with Gasteiger partial charge in [-0.3, -0.25) is 19.0 Å². The van der Waals surface area contributed by atoms with Gasteiger partial charge in [-0.05, 0) is 41.4 Å². The summed E-state index contributed by atoms with van der Waals surface area (Å²) in [5.74, 6) is -1.61. The first-order valence-electron chi connectivity index (χ1n) is 10.3. The van der Waals surface area contributed by atoms with Gasteiger partial charge in [0, 0.05) is 23.7 Å². The summed E-state index contributed by atoms with van der Waals surface area (Å²) in [6.07, 6.45) is -4.28. The Labute approximate surface area is 213 Å². The number of thiophene rings is 1. The molecule has 0 atom stereocenters. The number of anilines is 1. The van der Waals surface area contributed by atoms with E-state index in [9.17, 15) is 27.2 Å². The first-order chi connectivity index (χ1) is 16.9. The predicted molar refractivity (Wildman–Crippen MR) is 128 cm³/mol. The number of hydrogen-bond acceptors (Lipinski definition) is 6. The van der Waals surface area contributed by atoms with E-state index in [0.717, 1.165) is 16.0 Å². The highest BCUT2D eigenvalue weighted by Crippen LogP contribution is 2.43. The Morgan fingerprint density at radius 1 is 1.17 bits per heavy atom. The molecule has 0 radical (unpaired) electrons. The number of fused-ring (bicyclic) bond motifs is 1. The van der Waals surface area contributed by atoms with E-state index in [1.54, 1.807) is 18.7 Å². The van der Waals surface area contributed by atoms with E-state index in [4.69, 9.17) is 5.73 Å². The van der Waals surface area contributed by atoms with Crippen molar-refractivity contribution in [3.63, 3.8) is 0 Å². The van der Waals surface area contributed by atoms with Gasteiger partial charge >= 0.3 is 0 Å². The van der Waals surface area contributed by atoms with E-state index in [0.29, 0.717) is 17.0 Å². The summed E-state index contributed by atoms with van der Waals surface area (Å²) in [5, 5.41) is 10.7. The molecule has 0 bridgehead atoms. The van der Waals surface area contributed by atoms with E-state index in [-0.39, 0.29) is 30.8 Å². The second-order valence-electron chi connectivity index (χ2n) is 7.80. The number of pyridine rings is 1. The number of nitrogens with one attached hydrogen (secondary N) is 1. The smallest absolute Gasteiger partial charge is 0.283 e. The summed E-state index contributed by atoms with van der Waals surface area (Å²) in [7, 11) is 1.68. The van der Waals surface area contributed by atoms with Crippen LogP contribution >= 0.6 is 27.3 Å². The van der Waals surface area contributed by atoms with E-state index in [1.807, 2.05) is 0 Å². The van der Waals surface area contributed by atoms with Crippen molar-refractivity contribution in [1.82, 2.24) is 24.5 Å². The van der Waals surface area contributed by atoms with Crippen molar-refractivity contribution in [1.29, 1.82) is 0 Å². The summed E-state index contributed by atoms with van der Waals surface area (Å²) < 4.78 is 56.3. The molecule has 0 aliphatic heterocycles. The summed E-state index contributed by atoms with van der Waals surface area (Å²) in [6.45, 7) is 2.77. The van der Waals surface area contributed by atoms with Gasteiger partial charge in [-0.2, -0.15) is 10.2 Å². The third kappa shape index (κ3) is 4.48. The molecule has 3 N–H and O–H groups in total. The predicted octanol–water partition coefficient (Wildman–Crippen LogP) is 4.89. The molecular formula is C21H18BrF4N7O2S. The van der Waals surface area contributed by atoms with Crippen LogP contribution in [0.2, 0.25) is 0 Å². The van der Waals surface area contributed by atoms with Crippen LogP contribution in [-0.2, 0) is 18.4 Å². The zero-order chi connectivity index (χ0) is 26.5. The largest absolute Gasteiger partial charge is 0.365 e. The van der Waals surface area contributed by atoms with Gasteiger partial charge in [-0.25, -0.2) is 22.5 Å². The highest BCUT2D eigenvalue weighted by Gasteiger charge is 2.27. The minimum atomic E-state index is -2.90. The number of carbonyl (C=O) groups excluding carboxylic acids is 2. The summed E-state index contributed by atoms with van der Waals surface area (Å²) in [6, 6.07) is 1.17. The monoisotopic (exact) mass is 587 g/mol. The van der Waals surface area contributed by atoms with Crippen LogP contribution < -0.4 is 11.1 Å². The number of alkyl halides is 4. The Kier molecular flexibility index (Phi) is 6.88. The van der Waals surface area contributed by atoms with Gasteiger partial charge in [0.15, 0.2) is 0 Å². The zero-order valence-electron chi connectivity index (χ0n) is 18.9. The third-order valence-corrected chi connectivity index (χ3v) is 7.66. The number of carbonyl (C=O) groups is 2. The Hall–Kier alpha value is -3.33. The third-order valence-electron chi connectivity index (χ3n) is 5.58. The van der Waals surface area contributed by atoms with Crippen LogP contribution in [0.15, 0.2) is 16.7 Å². The van der Waals surface area contributed by atoms with E-state index in [1.165, 1.54) is 19.2 Å². The second-order valence-corrected chi connectivity index (χ2v) is 9.60. The lowest BCUT2D eigenvalue weighted by molar-refractivity contribution is -0.116. The number of hydrogen-bond donors (Lipinski definition) is 2. The first kappa shape index (κ1) is 25.8. The molecule has 190 valence electrons. The highest BCUT2D eigenvalue weighted by atomic mass is 79.9. The summed E-state index contributed by atoms with van der Waals surface area (Å²) >= 11 is 3.80. The van der Waals surface area contributed by atoms with Crippen LogP contribution in [0.4, 0.5) is 23.2 Å². The van der Waals surface area contributed by atoms with Gasteiger partial charge in [-0.1, -0.05) is 0 Å². The molecule has 0 spiro atoms. The number of primary amides is 1. The molecule has 0 unspecified atom stereocenters. The van der Waals surface area contributed by atoms with Gasteiger partial charge in [-0.15, -0.1) is 11.3 Å². The fourth-order valence-electron chi connectivity index (χ4n) is 3.65. The summed E-state index contributed by atoms with van der Waals surface area (Å²) in [4.78, 5) is 29.1. The van der Waals surface area contributed by atoms with E-state index >= 15 is 0 Å². The molecule has 0 aromatic carbocycles. The molecule has 4 heterocycles. The van der Waals surface area contributed by atoms with Gasteiger partial charge in [0.1, 0.15) is 27.6 Å². The molecule has 36 heavy (non-hydrogen) atoms. The summed E-state index contributed by atoms with van der Waals surface area (Å²) in [5.41, 5.74) is 6.18. The van der Waals surface area contributed by atoms with Crippen molar-refractivity contribution in [2.45, 2.75) is 33.2 Å². The molecule has 0 saturated heterocycles. The lowest BCUT2D eigenvalue weighted by Crippen LogP contribution is -2.22. The number of amides is 2. The van der Waals surface area contributed by atoms with Gasteiger partial charge in [0.2, 0.25) is 5.91 Å². The quantitative estimate of drug-likeness (QED) is 0.298. The number of halogens is 5. The fourth-order valence-corrected chi connectivity index (χ4v) is 5.12. The zero-order valence-corrected chi connectivity index (χ0v) is 21.3. The highest BCUT2D eigenvalue weighted by molar-refractivity contribution is 9.10. The van der Waals surface area contributed by atoms with Gasteiger partial charge < -0.3 is 11.1 Å². The van der Waals surface area contributed by atoms with Gasteiger partial charge in [0.05, 0.1) is 22.1 Å². The molecule has 9 nitrogen and oxygen atoms in total. The molecule has 0 aliphatic rings. The molecule has 2 amide bonds. The Balaban J connectivity index is 1.85. The van der Waals surface area contributed by atoms with Crippen LogP contribution in [0.25, 0.3) is 21.3 Å². The maximum Gasteiger partial charge on any atom is 0.283 e. The van der Waals surface area contributed by atoms with Crippen LogP contribution in [-0.4, -0.2) is 36.4 Å². The van der Waals surface area contributed by atoms with Crippen molar-refractivity contribution in [2.75, 3.05) is 5.32 Å². The fraction of sp³-hybridized carbons (Fsp3) is 0.286. The van der Waals surface area contributed by atoms with Crippen LogP contribution in [0, 0.1) is 13.8 Å². The molecule has 0 fully saturated rings. The van der Waals surface area contributed by atoms with Crippen LogP contribution in [0.3, 0.4) is 0 Å². The average molecular weight is 588 g/mol.